The minimum Gasteiger partial charge on any atom is -0.315 e. The number of carbonyl (C=O) groups excluding carboxylic acids is 2. The highest BCUT2D eigenvalue weighted by molar-refractivity contribution is 8.01. The van der Waals surface area contributed by atoms with Crippen molar-refractivity contribution in [2.45, 2.75) is 24.8 Å². The summed E-state index contributed by atoms with van der Waals surface area (Å²) < 4.78 is 27.6. The first kappa shape index (κ1) is 18.0. The number of nitrogens with zero attached hydrogens (tertiary/aromatic N) is 2. The number of hydrogen-bond donors (Lipinski definition) is 0. The number of hydrogen-bond acceptors (Lipinski definition) is 3. The van der Waals surface area contributed by atoms with Crippen LogP contribution in [0.25, 0.3) is 0 Å². The lowest BCUT2D eigenvalue weighted by molar-refractivity contribution is -0.139. The van der Waals surface area contributed by atoms with Gasteiger partial charge in [-0.15, -0.1) is 11.8 Å². The third-order valence-corrected chi connectivity index (χ3v) is 6.41. The van der Waals surface area contributed by atoms with Gasteiger partial charge in [-0.2, -0.15) is 0 Å². The lowest BCUT2D eigenvalue weighted by Crippen LogP contribution is -2.50. The lowest BCUT2D eigenvalue weighted by atomic mass is 10.1. The molecule has 2 amide bonds. The van der Waals surface area contributed by atoms with Crippen LogP contribution in [0.2, 0.25) is 0 Å². The molecular formula is C20H18F2N2O2S. The first-order chi connectivity index (χ1) is 13.0. The molecule has 1 fully saturated rings. The average Bonchev–Trinajstić information content (AvgIpc) is 3.19. The van der Waals surface area contributed by atoms with E-state index in [1.165, 1.54) is 40.9 Å². The SMILES string of the molecule is CCC(=O)N1CCS[C@@]12C(=O)N(Cc1cccc(F)c1)c1ccc(F)cc12. The van der Waals surface area contributed by atoms with E-state index in [1.54, 1.807) is 30.0 Å². The van der Waals surface area contributed by atoms with Crippen LogP contribution < -0.4 is 4.90 Å². The van der Waals surface area contributed by atoms with E-state index < -0.39 is 10.7 Å². The quantitative estimate of drug-likeness (QED) is 0.806. The molecule has 1 saturated heterocycles. The fourth-order valence-corrected chi connectivity index (χ4v) is 5.28. The van der Waals surface area contributed by atoms with Gasteiger partial charge in [0.15, 0.2) is 4.87 Å². The van der Waals surface area contributed by atoms with Crippen molar-refractivity contribution in [2.75, 3.05) is 17.2 Å². The summed E-state index contributed by atoms with van der Waals surface area (Å²) >= 11 is 1.35. The van der Waals surface area contributed by atoms with Crippen molar-refractivity contribution in [1.29, 1.82) is 0 Å². The van der Waals surface area contributed by atoms with Crippen molar-refractivity contribution in [3.8, 4) is 0 Å². The van der Waals surface area contributed by atoms with E-state index in [2.05, 4.69) is 0 Å². The lowest BCUT2D eigenvalue weighted by Gasteiger charge is -2.33. The molecule has 1 atom stereocenters. The Hall–Kier alpha value is -2.41. The Balaban J connectivity index is 1.82. The van der Waals surface area contributed by atoms with Crippen LogP contribution in [-0.4, -0.2) is 29.0 Å². The molecule has 2 heterocycles. The highest BCUT2D eigenvalue weighted by Gasteiger charge is 2.59. The maximum atomic E-state index is 14.1. The third-order valence-electron chi connectivity index (χ3n) is 4.99. The highest BCUT2D eigenvalue weighted by atomic mass is 32.2. The maximum absolute atomic E-state index is 14.1. The Morgan fingerprint density at radius 2 is 1.96 bits per heavy atom. The van der Waals surface area contributed by atoms with Gasteiger partial charge in [0.2, 0.25) is 5.91 Å². The van der Waals surface area contributed by atoms with Crippen LogP contribution in [0, 0.1) is 11.6 Å². The number of halogens is 2. The summed E-state index contributed by atoms with van der Waals surface area (Å²) in [7, 11) is 0. The molecule has 27 heavy (non-hydrogen) atoms. The van der Waals surface area contributed by atoms with Crippen LogP contribution >= 0.6 is 11.8 Å². The molecule has 4 nitrogen and oxygen atoms in total. The largest absolute Gasteiger partial charge is 0.315 e. The van der Waals surface area contributed by atoms with Gasteiger partial charge in [-0.1, -0.05) is 19.1 Å². The second kappa shape index (κ2) is 6.64. The molecule has 2 aromatic rings. The molecule has 2 aliphatic heterocycles. The predicted molar refractivity (Wildman–Crippen MR) is 100 cm³/mol. The van der Waals surface area contributed by atoms with E-state index in [0.29, 0.717) is 29.1 Å². The van der Waals surface area contributed by atoms with E-state index in [1.807, 2.05) is 0 Å². The summed E-state index contributed by atoms with van der Waals surface area (Å²) in [6, 6.07) is 10.2. The molecule has 0 bridgehead atoms. The summed E-state index contributed by atoms with van der Waals surface area (Å²) in [5.41, 5.74) is 1.69. The molecule has 140 valence electrons. The first-order valence-electron chi connectivity index (χ1n) is 8.78. The maximum Gasteiger partial charge on any atom is 0.268 e. The molecule has 0 radical (unpaired) electrons. The third kappa shape index (κ3) is 2.72. The monoisotopic (exact) mass is 388 g/mol. The zero-order valence-corrected chi connectivity index (χ0v) is 15.6. The molecule has 0 unspecified atom stereocenters. The summed E-state index contributed by atoms with van der Waals surface area (Å²) in [6.07, 6.45) is 0.268. The van der Waals surface area contributed by atoms with Crippen molar-refractivity contribution in [3.63, 3.8) is 0 Å². The summed E-state index contributed by atoms with van der Waals surface area (Å²) in [5, 5.41) is 0. The molecular weight excluding hydrogens is 370 g/mol. The Morgan fingerprint density at radius 1 is 1.19 bits per heavy atom. The van der Waals surface area contributed by atoms with Gasteiger partial charge in [0.1, 0.15) is 11.6 Å². The molecule has 0 aliphatic carbocycles. The molecule has 2 aromatic carbocycles. The zero-order valence-electron chi connectivity index (χ0n) is 14.7. The fraction of sp³-hybridized carbons (Fsp3) is 0.300. The number of fused-ring (bicyclic) bond motifs is 2. The second-order valence-electron chi connectivity index (χ2n) is 6.57. The van der Waals surface area contributed by atoms with Crippen molar-refractivity contribution in [3.05, 3.63) is 65.2 Å². The molecule has 4 rings (SSSR count). The number of anilines is 1. The minimum absolute atomic E-state index is 0.142. The Bertz CT molecular complexity index is 936. The van der Waals surface area contributed by atoms with Gasteiger partial charge in [-0.3, -0.25) is 9.59 Å². The van der Waals surface area contributed by atoms with Gasteiger partial charge in [0, 0.05) is 24.3 Å². The van der Waals surface area contributed by atoms with Crippen molar-refractivity contribution >= 4 is 29.3 Å². The molecule has 7 heteroatoms. The Kier molecular flexibility index (Phi) is 4.42. The van der Waals surface area contributed by atoms with Crippen LogP contribution in [0.5, 0.6) is 0 Å². The Labute approximate surface area is 160 Å². The fourth-order valence-electron chi connectivity index (χ4n) is 3.81. The van der Waals surface area contributed by atoms with E-state index in [-0.39, 0.29) is 30.6 Å². The standard InChI is InChI=1S/C20H18F2N2O2S/c1-2-18(25)24-8-9-27-20(24)16-11-15(22)6-7-17(16)23(19(20)26)12-13-4-3-5-14(21)10-13/h3-7,10-11H,2,8-9,12H2,1H3/t20-/m0/s1. The van der Waals surface area contributed by atoms with Crippen molar-refractivity contribution in [1.82, 2.24) is 4.90 Å². The summed E-state index contributed by atoms with van der Waals surface area (Å²) in [6.45, 7) is 2.34. The number of carbonyl (C=O) groups is 2. The van der Waals surface area contributed by atoms with E-state index in [0.717, 1.165) is 0 Å². The van der Waals surface area contributed by atoms with Crippen molar-refractivity contribution in [2.24, 2.45) is 0 Å². The molecule has 0 aromatic heterocycles. The van der Waals surface area contributed by atoms with Crippen LogP contribution in [0.4, 0.5) is 14.5 Å². The first-order valence-corrected chi connectivity index (χ1v) is 9.77. The van der Waals surface area contributed by atoms with Gasteiger partial charge in [-0.25, -0.2) is 8.78 Å². The second-order valence-corrected chi connectivity index (χ2v) is 7.86. The Morgan fingerprint density at radius 3 is 2.70 bits per heavy atom. The van der Waals surface area contributed by atoms with Crippen LogP contribution in [0.3, 0.4) is 0 Å². The predicted octanol–water partition coefficient (Wildman–Crippen LogP) is 3.65. The van der Waals surface area contributed by atoms with Gasteiger partial charge in [0.05, 0.1) is 12.2 Å². The number of benzene rings is 2. The topological polar surface area (TPSA) is 40.6 Å². The van der Waals surface area contributed by atoms with Crippen LogP contribution in [0.1, 0.15) is 24.5 Å². The molecule has 1 spiro atoms. The summed E-state index contributed by atoms with van der Waals surface area (Å²) in [4.78, 5) is 27.9. The van der Waals surface area contributed by atoms with Crippen LogP contribution in [-0.2, 0) is 21.0 Å². The summed E-state index contributed by atoms with van der Waals surface area (Å²) in [5.74, 6) is -0.662. The molecule has 0 saturated carbocycles. The smallest absolute Gasteiger partial charge is 0.268 e. The van der Waals surface area contributed by atoms with Gasteiger partial charge < -0.3 is 9.80 Å². The zero-order chi connectivity index (χ0) is 19.2. The molecule has 2 aliphatic rings. The number of rotatable bonds is 3. The number of amides is 2. The highest BCUT2D eigenvalue weighted by Crippen LogP contribution is 2.54. The molecule has 0 N–H and O–H groups in total. The van der Waals surface area contributed by atoms with Gasteiger partial charge >= 0.3 is 0 Å². The van der Waals surface area contributed by atoms with E-state index >= 15 is 0 Å². The van der Waals surface area contributed by atoms with E-state index in [4.69, 9.17) is 0 Å². The van der Waals surface area contributed by atoms with E-state index in [9.17, 15) is 18.4 Å². The minimum atomic E-state index is -1.24. The normalized spacial score (nSPS) is 21.2. The van der Waals surface area contributed by atoms with Gasteiger partial charge in [-0.05, 0) is 35.9 Å². The number of thioether (sulfide) groups is 1. The van der Waals surface area contributed by atoms with Gasteiger partial charge in [0.25, 0.3) is 5.91 Å². The van der Waals surface area contributed by atoms with Crippen molar-refractivity contribution < 1.29 is 18.4 Å². The van der Waals surface area contributed by atoms with Crippen LogP contribution in [0.15, 0.2) is 42.5 Å². The average molecular weight is 388 g/mol.